The van der Waals surface area contributed by atoms with Gasteiger partial charge in [0.05, 0.1) is 0 Å². The first-order valence-corrected chi connectivity index (χ1v) is 8.18. The van der Waals surface area contributed by atoms with E-state index < -0.39 is 0 Å². The number of nitrogens with zero attached hydrogens (tertiary/aromatic N) is 1. The Balaban J connectivity index is 1.49. The van der Waals surface area contributed by atoms with E-state index >= 15 is 0 Å². The molecule has 0 amide bonds. The summed E-state index contributed by atoms with van der Waals surface area (Å²) >= 11 is 0. The van der Waals surface area contributed by atoms with Crippen molar-refractivity contribution in [2.45, 2.75) is 51.9 Å². The van der Waals surface area contributed by atoms with E-state index in [0.29, 0.717) is 0 Å². The fourth-order valence-electron chi connectivity index (χ4n) is 4.03. The van der Waals surface area contributed by atoms with Crippen molar-refractivity contribution < 1.29 is 0 Å². The van der Waals surface area contributed by atoms with Crippen LogP contribution in [0.1, 0.15) is 51.9 Å². The molecule has 0 aromatic rings. The van der Waals surface area contributed by atoms with E-state index in [4.69, 9.17) is 0 Å². The van der Waals surface area contributed by atoms with Gasteiger partial charge in [0.1, 0.15) is 0 Å². The van der Waals surface area contributed by atoms with Gasteiger partial charge in [0, 0.05) is 6.54 Å². The topological polar surface area (TPSA) is 15.3 Å². The van der Waals surface area contributed by atoms with Gasteiger partial charge in [-0.15, -0.1) is 0 Å². The Labute approximate surface area is 114 Å². The second-order valence-electron chi connectivity index (χ2n) is 6.65. The summed E-state index contributed by atoms with van der Waals surface area (Å²) in [7, 11) is 2.32. The molecule has 2 nitrogen and oxygen atoms in total. The maximum atomic E-state index is 3.49. The fraction of sp³-hybridized carbons (Fsp3) is 1.00. The molecule has 0 spiro atoms. The van der Waals surface area contributed by atoms with Crippen LogP contribution in [0.4, 0.5) is 0 Å². The monoisotopic (exact) mass is 252 g/mol. The number of fused-ring (bicyclic) bond motifs is 2. The number of nitrogens with one attached hydrogen (secondary N) is 1. The van der Waals surface area contributed by atoms with Gasteiger partial charge < -0.3 is 10.2 Å². The van der Waals surface area contributed by atoms with E-state index in [0.717, 1.165) is 17.8 Å². The second kappa shape index (κ2) is 7.49. The molecule has 3 unspecified atom stereocenters. The van der Waals surface area contributed by atoms with Crippen LogP contribution in [-0.4, -0.2) is 38.1 Å². The summed E-state index contributed by atoms with van der Waals surface area (Å²) in [5.41, 5.74) is 0. The molecule has 3 atom stereocenters. The molecule has 2 aliphatic rings. The summed E-state index contributed by atoms with van der Waals surface area (Å²) in [4.78, 5) is 2.59. The van der Waals surface area contributed by atoms with Gasteiger partial charge in [0.15, 0.2) is 0 Å². The van der Waals surface area contributed by atoms with Crippen LogP contribution in [0.3, 0.4) is 0 Å². The van der Waals surface area contributed by atoms with Gasteiger partial charge in [-0.2, -0.15) is 0 Å². The molecular formula is C16H32N2. The zero-order valence-corrected chi connectivity index (χ0v) is 12.5. The van der Waals surface area contributed by atoms with Gasteiger partial charge in [0.25, 0.3) is 0 Å². The van der Waals surface area contributed by atoms with Gasteiger partial charge in [0.2, 0.25) is 0 Å². The second-order valence-corrected chi connectivity index (χ2v) is 6.65. The smallest absolute Gasteiger partial charge is 0.000936 e. The van der Waals surface area contributed by atoms with Crippen molar-refractivity contribution in [3.8, 4) is 0 Å². The number of hydrogen-bond acceptors (Lipinski definition) is 2. The molecule has 0 heterocycles. The van der Waals surface area contributed by atoms with E-state index in [1.54, 1.807) is 6.42 Å². The average Bonchev–Trinajstić information content (AvgIpc) is 2.95. The van der Waals surface area contributed by atoms with Crippen molar-refractivity contribution in [1.82, 2.24) is 10.2 Å². The number of unbranched alkanes of at least 4 members (excludes halogenated alkanes) is 1. The van der Waals surface area contributed by atoms with Crippen LogP contribution in [0.5, 0.6) is 0 Å². The molecule has 2 heteroatoms. The van der Waals surface area contributed by atoms with Crippen molar-refractivity contribution in [3.63, 3.8) is 0 Å². The summed E-state index contributed by atoms with van der Waals surface area (Å²) in [6.07, 6.45) is 10.1. The van der Waals surface area contributed by atoms with E-state index in [9.17, 15) is 0 Å². The van der Waals surface area contributed by atoms with Gasteiger partial charge in [-0.25, -0.2) is 0 Å². The summed E-state index contributed by atoms with van der Waals surface area (Å²) in [6, 6.07) is 0. The maximum Gasteiger partial charge on any atom is 0.000936 e. The lowest BCUT2D eigenvalue weighted by atomic mass is 9.88. The molecule has 0 aromatic carbocycles. The first-order valence-electron chi connectivity index (χ1n) is 8.18. The highest BCUT2D eigenvalue weighted by Gasteiger charge is 2.39. The van der Waals surface area contributed by atoms with Crippen LogP contribution in [0.25, 0.3) is 0 Å². The Kier molecular flexibility index (Phi) is 5.97. The summed E-state index contributed by atoms with van der Waals surface area (Å²) < 4.78 is 0. The molecule has 2 fully saturated rings. The van der Waals surface area contributed by atoms with Crippen molar-refractivity contribution >= 4 is 0 Å². The molecule has 0 radical (unpaired) electrons. The molecule has 2 aliphatic carbocycles. The number of hydrogen-bond donors (Lipinski definition) is 1. The lowest BCUT2D eigenvalue weighted by molar-refractivity contribution is 0.217. The Morgan fingerprint density at radius 3 is 2.67 bits per heavy atom. The Bertz CT molecular complexity index is 229. The van der Waals surface area contributed by atoms with Crippen molar-refractivity contribution in [1.29, 1.82) is 0 Å². The normalized spacial score (nSPS) is 30.5. The van der Waals surface area contributed by atoms with Crippen molar-refractivity contribution in [2.24, 2.45) is 17.8 Å². The number of rotatable bonds is 9. The summed E-state index contributed by atoms with van der Waals surface area (Å²) in [6.45, 7) is 7.28. The standard InChI is InChI=1S/C16H32N2/c1-3-8-17-9-4-5-10-18(2)13-16-12-14-6-7-15(16)11-14/h14-17H,3-13H2,1-2H3. The summed E-state index contributed by atoms with van der Waals surface area (Å²) in [5, 5.41) is 3.49. The Morgan fingerprint density at radius 1 is 1.11 bits per heavy atom. The SMILES string of the molecule is CCCNCCCCN(C)CC1CC2CCC1C2. The largest absolute Gasteiger partial charge is 0.317 e. The Morgan fingerprint density at radius 2 is 2.00 bits per heavy atom. The predicted molar refractivity (Wildman–Crippen MR) is 78.8 cm³/mol. The van der Waals surface area contributed by atoms with Crippen molar-refractivity contribution in [3.05, 3.63) is 0 Å². The Hall–Kier alpha value is -0.0800. The minimum atomic E-state index is 1.03. The first-order chi connectivity index (χ1) is 8.79. The maximum absolute atomic E-state index is 3.49. The van der Waals surface area contributed by atoms with Crippen LogP contribution < -0.4 is 5.32 Å². The van der Waals surface area contributed by atoms with E-state index in [1.165, 1.54) is 64.7 Å². The van der Waals surface area contributed by atoms with Crippen LogP contribution in [0.2, 0.25) is 0 Å². The zero-order valence-electron chi connectivity index (χ0n) is 12.5. The van der Waals surface area contributed by atoms with Crippen molar-refractivity contribution in [2.75, 3.05) is 33.2 Å². The highest BCUT2D eigenvalue weighted by molar-refractivity contribution is 4.90. The zero-order chi connectivity index (χ0) is 12.8. The lowest BCUT2D eigenvalue weighted by Gasteiger charge is -2.27. The lowest BCUT2D eigenvalue weighted by Crippen LogP contribution is -2.30. The van der Waals surface area contributed by atoms with E-state index in [-0.39, 0.29) is 0 Å². The summed E-state index contributed by atoms with van der Waals surface area (Å²) in [5.74, 6) is 3.22. The third-order valence-corrected chi connectivity index (χ3v) is 5.00. The molecule has 0 saturated heterocycles. The van der Waals surface area contributed by atoms with Gasteiger partial charge >= 0.3 is 0 Å². The third-order valence-electron chi connectivity index (χ3n) is 5.00. The van der Waals surface area contributed by atoms with Crippen LogP contribution in [0.15, 0.2) is 0 Å². The van der Waals surface area contributed by atoms with Crippen LogP contribution >= 0.6 is 0 Å². The first kappa shape index (κ1) is 14.3. The van der Waals surface area contributed by atoms with Gasteiger partial charge in [-0.1, -0.05) is 13.3 Å². The third kappa shape index (κ3) is 4.24. The van der Waals surface area contributed by atoms with E-state index in [2.05, 4.69) is 24.2 Å². The fourth-order valence-corrected chi connectivity index (χ4v) is 4.03. The molecule has 106 valence electrons. The quantitative estimate of drug-likeness (QED) is 0.634. The minimum Gasteiger partial charge on any atom is -0.317 e. The highest BCUT2D eigenvalue weighted by Crippen LogP contribution is 2.48. The highest BCUT2D eigenvalue weighted by atomic mass is 15.1. The molecule has 2 bridgehead atoms. The molecule has 0 aliphatic heterocycles. The molecule has 2 rings (SSSR count). The van der Waals surface area contributed by atoms with Crippen LogP contribution in [-0.2, 0) is 0 Å². The molecule has 18 heavy (non-hydrogen) atoms. The van der Waals surface area contributed by atoms with Gasteiger partial charge in [-0.05, 0) is 83.0 Å². The molecule has 1 N–H and O–H groups in total. The van der Waals surface area contributed by atoms with E-state index in [1.807, 2.05) is 0 Å². The predicted octanol–water partition coefficient (Wildman–Crippen LogP) is 3.13. The van der Waals surface area contributed by atoms with Crippen LogP contribution in [0, 0.1) is 17.8 Å². The molecular weight excluding hydrogens is 220 g/mol. The average molecular weight is 252 g/mol. The molecule has 2 saturated carbocycles. The van der Waals surface area contributed by atoms with Gasteiger partial charge in [-0.3, -0.25) is 0 Å². The molecule has 0 aromatic heterocycles. The minimum absolute atomic E-state index is 1.03.